The Kier molecular flexibility index (Phi) is 3.79. The van der Waals surface area contributed by atoms with E-state index in [-0.39, 0.29) is 5.75 Å². The number of aryl methyl sites for hydroxylation is 2. The average Bonchev–Trinajstić information content (AvgIpc) is 2.99. The first-order valence-electron chi connectivity index (χ1n) is 6.60. The van der Waals surface area contributed by atoms with Crippen molar-refractivity contribution in [2.24, 2.45) is 0 Å². The monoisotopic (exact) mass is 298 g/mol. The number of nitrogens with zero attached hydrogens (tertiary/aromatic N) is 3. The summed E-state index contributed by atoms with van der Waals surface area (Å²) in [7, 11) is 0. The Labute approximate surface area is 126 Å². The molecule has 0 aliphatic heterocycles. The van der Waals surface area contributed by atoms with Crippen LogP contribution in [0.3, 0.4) is 0 Å². The van der Waals surface area contributed by atoms with Crippen LogP contribution < -0.4 is 0 Å². The van der Waals surface area contributed by atoms with E-state index in [4.69, 9.17) is 12.2 Å². The number of para-hydroxylation sites is 1. The minimum atomic E-state index is 0.142. The van der Waals surface area contributed by atoms with Crippen LogP contribution in [0, 0.1) is 4.64 Å². The summed E-state index contributed by atoms with van der Waals surface area (Å²) in [4.78, 5) is 2.80. The normalized spacial score (nSPS) is 10.7. The van der Waals surface area contributed by atoms with Crippen LogP contribution in [0.1, 0.15) is 11.3 Å². The average molecular weight is 298 g/mol. The SMILES string of the molecule is Oc1c(CCc2cn(-c3ccccc3)nn2)cc[nH]c1=S. The van der Waals surface area contributed by atoms with Crippen molar-refractivity contribution in [1.82, 2.24) is 20.0 Å². The van der Waals surface area contributed by atoms with E-state index in [0.29, 0.717) is 17.5 Å². The molecule has 3 rings (SSSR count). The zero-order chi connectivity index (χ0) is 14.7. The highest BCUT2D eigenvalue weighted by Gasteiger charge is 2.06. The first kappa shape index (κ1) is 13.5. The number of H-pyrrole nitrogens is 1. The van der Waals surface area contributed by atoms with Crippen molar-refractivity contribution in [1.29, 1.82) is 0 Å². The standard InChI is InChI=1S/C15H14N4OS/c20-14-11(8-9-16-15(14)21)6-7-12-10-19(18-17-12)13-4-2-1-3-5-13/h1-5,8-10,20H,6-7H2,(H,16,21). The molecule has 0 fully saturated rings. The van der Waals surface area contributed by atoms with Gasteiger partial charge in [0.25, 0.3) is 0 Å². The molecule has 0 radical (unpaired) electrons. The smallest absolute Gasteiger partial charge is 0.153 e. The first-order chi connectivity index (χ1) is 10.2. The Bertz CT molecular complexity index is 795. The van der Waals surface area contributed by atoms with E-state index >= 15 is 0 Å². The van der Waals surface area contributed by atoms with Gasteiger partial charge < -0.3 is 10.1 Å². The van der Waals surface area contributed by atoms with Gasteiger partial charge in [0.2, 0.25) is 0 Å². The largest absolute Gasteiger partial charge is 0.505 e. The molecule has 0 saturated heterocycles. The Morgan fingerprint density at radius 2 is 1.95 bits per heavy atom. The molecule has 0 bridgehead atoms. The van der Waals surface area contributed by atoms with Crippen LogP contribution in [0.15, 0.2) is 48.8 Å². The van der Waals surface area contributed by atoms with Gasteiger partial charge in [0.05, 0.1) is 17.6 Å². The predicted octanol–water partition coefficient (Wildman–Crippen LogP) is 2.82. The summed E-state index contributed by atoms with van der Waals surface area (Å²) < 4.78 is 2.10. The molecule has 0 aliphatic rings. The topological polar surface area (TPSA) is 66.7 Å². The van der Waals surface area contributed by atoms with E-state index in [1.54, 1.807) is 10.9 Å². The third-order valence-electron chi connectivity index (χ3n) is 3.23. The predicted molar refractivity (Wildman–Crippen MR) is 82.1 cm³/mol. The lowest BCUT2D eigenvalue weighted by molar-refractivity contribution is 0.462. The fourth-order valence-corrected chi connectivity index (χ4v) is 2.29. The van der Waals surface area contributed by atoms with E-state index in [1.807, 2.05) is 42.6 Å². The number of aromatic amines is 1. The van der Waals surface area contributed by atoms with Crippen molar-refractivity contribution in [2.45, 2.75) is 12.8 Å². The van der Waals surface area contributed by atoms with Crippen molar-refractivity contribution < 1.29 is 5.11 Å². The molecule has 0 atom stereocenters. The number of aromatic nitrogens is 4. The third kappa shape index (κ3) is 3.00. The van der Waals surface area contributed by atoms with Gasteiger partial charge in [0.15, 0.2) is 5.75 Å². The van der Waals surface area contributed by atoms with Crippen LogP contribution in [0.4, 0.5) is 0 Å². The van der Waals surface area contributed by atoms with Crippen LogP contribution in [-0.4, -0.2) is 25.1 Å². The summed E-state index contributed by atoms with van der Waals surface area (Å²) in [6.45, 7) is 0. The molecule has 0 saturated carbocycles. The van der Waals surface area contributed by atoms with E-state index in [0.717, 1.165) is 16.9 Å². The minimum Gasteiger partial charge on any atom is -0.505 e. The number of pyridine rings is 1. The fraction of sp³-hybridized carbons (Fsp3) is 0.133. The van der Waals surface area contributed by atoms with Gasteiger partial charge >= 0.3 is 0 Å². The first-order valence-corrected chi connectivity index (χ1v) is 7.01. The lowest BCUT2D eigenvalue weighted by Gasteiger charge is -2.02. The number of hydrogen-bond donors (Lipinski definition) is 2. The highest BCUT2D eigenvalue weighted by atomic mass is 32.1. The van der Waals surface area contributed by atoms with Crippen LogP contribution in [0.2, 0.25) is 0 Å². The molecule has 106 valence electrons. The molecule has 0 spiro atoms. The number of hydrogen-bond acceptors (Lipinski definition) is 4. The van der Waals surface area contributed by atoms with Crippen LogP contribution in [-0.2, 0) is 12.8 Å². The van der Waals surface area contributed by atoms with E-state index in [9.17, 15) is 5.11 Å². The Hall–Kier alpha value is -2.47. The molecule has 0 amide bonds. The third-order valence-corrected chi connectivity index (χ3v) is 3.54. The zero-order valence-electron chi connectivity index (χ0n) is 11.2. The maximum absolute atomic E-state index is 9.88. The number of nitrogens with one attached hydrogen (secondary N) is 1. The van der Waals surface area contributed by atoms with E-state index < -0.39 is 0 Å². The van der Waals surface area contributed by atoms with Gasteiger partial charge in [-0.1, -0.05) is 35.6 Å². The van der Waals surface area contributed by atoms with E-state index in [2.05, 4.69) is 15.3 Å². The van der Waals surface area contributed by atoms with Crippen LogP contribution >= 0.6 is 12.2 Å². The van der Waals surface area contributed by atoms with Gasteiger partial charge in [-0.25, -0.2) is 4.68 Å². The zero-order valence-corrected chi connectivity index (χ0v) is 12.0. The second-order valence-electron chi connectivity index (χ2n) is 4.67. The second kappa shape index (κ2) is 5.88. The van der Waals surface area contributed by atoms with Gasteiger partial charge in [-0.3, -0.25) is 0 Å². The summed E-state index contributed by atoms with van der Waals surface area (Å²) in [6.07, 6.45) is 4.99. The van der Waals surface area contributed by atoms with Gasteiger partial charge in [-0.2, -0.15) is 0 Å². The van der Waals surface area contributed by atoms with Crippen molar-refractivity contribution in [3.63, 3.8) is 0 Å². The molecule has 2 heterocycles. The van der Waals surface area contributed by atoms with Gasteiger partial charge in [-0.05, 0) is 36.6 Å². The highest BCUT2D eigenvalue weighted by Crippen LogP contribution is 2.18. The van der Waals surface area contributed by atoms with Crippen LogP contribution in [0.25, 0.3) is 5.69 Å². The molecule has 6 heteroatoms. The Balaban J connectivity index is 1.74. The molecule has 5 nitrogen and oxygen atoms in total. The summed E-state index contributed by atoms with van der Waals surface area (Å²) >= 11 is 5.00. The van der Waals surface area contributed by atoms with Crippen molar-refractivity contribution in [3.05, 3.63) is 64.7 Å². The van der Waals surface area contributed by atoms with Crippen molar-refractivity contribution >= 4 is 12.2 Å². The quantitative estimate of drug-likeness (QED) is 0.727. The molecular weight excluding hydrogens is 284 g/mol. The number of aromatic hydroxyl groups is 1. The molecule has 0 unspecified atom stereocenters. The Morgan fingerprint density at radius 1 is 1.14 bits per heavy atom. The summed E-state index contributed by atoms with van der Waals surface area (Å²) in [5, 5.41) is 18.2. The number of rotatable bonds is 4. The lowest BCUT2D eigenvalue weighted by Crippen LogP contribution is -1.94. The van der Waals surface area contributed by atoms with Crippen molar-refractivity contribution in [2.75, 3.05) is 0 Å². The molecule has 2 N–H and O–H groups in total. The van der Waals surface area contributed by atoms with Gasteiger partial charge in [0, 0.05) is 6.20 Å². The molecule has 1 aromatic carbocycles. The van der Waals surface area contributed by atoms with Crippen LogP contribution in [0.5, 0.6) is 5.75 Å². The summed E-state index contributed by atoms with van der Waals surface area (Å²) in [6, 6.07) is 11.7. The molecule has 21 heavy (non-hydrogen) atoms. The minimum absolute atomic E-state index is 0.142. The highest BCUT2D eigenvalue weighted by molar-refractivity contribution is 7.71. The Morgan fingerprint density at radius 3 is 2.76 bits per heavy atom. The maximum Gasteiger partial charge on any atom is 0.153 e. The summed E-state index contributed by atoms with van der Waals surface area (Å²) in [5.74, 6) is 0.142. The van der Waals surface area contributed by atoms with Crippen molar-refractivity contribution in [3.8, 4) is 11.4 Å². The molecule has 0 aliphatic carbocycles. The fourth-order valence-electron chi connectivity index (χ4n) is 2.10. The molecule has 2 aromatic heterocycles. The number of benzene rings is 1. The lowest BCUT2D eigenvalue weighted by atomic mass is 10.1. The summed E-state index contributed by atoms with van der Waals surface area (Å²) in [5.41, 5.74) is 2.66. The van der Waals surface area contributed by atoms with E-state index in [1.165, 1.54) is 0 Å². The van der Waals surface area contributed by atoms with Gasteiger partial charge in [0.1, 0.15) is 4.64 Å². The second-order valence-corrected chi connectivity index (χ2v) is 5.08. The molecule has 3 aromatic rings. The molecular formula is C15H14N4OS. The maximum atomic E-state index is 9.88. The van der Waals surface area contributed by atoms with Gasteiger partial charge in [-0.15, -0.1) is 5.10 Å².